The van der Waals surface area contributed by atoms with Gasteiger partial charge in [0.25, 0.3) is 0 Å². The molecule has 0 unspecified atom stereocenters. The summed E-state index contributed by atoms with van der Waals surface area (Å²) in [5.74, 6) is -1.03. The molecule has 0 amide bonds. The maximum absolute atomic E-state index is 11.6. The van der Waals surface area contributed by atoms with Crippen LogP contribution in [0.25, 0.3) is 0 Å². The van der Waals surface area contributed by atoms with Crippen LogP contribution in [0.2, 0.25) is 0 Å². The molecule has 0 aliphatic heterocycles. The number of rotatable bonds is 8. The first-order chi connectivity index (χ1) is 13.8. The Morgan fingerprint density at radius 3 is 2.24 bits per heavy atom. The molecule has 6 nitrogen and oxygen atoms in total. The summed E-state index contributed by atoms with van der Waals surface area (Å²) in [4.78, 5) is 11.6. The Morgan fingerprint density at radius 1 is 0.862 bits per heavy atom. The molecule has 0 fully saturated rings. The quantitative estimate of drug-likeness (QED) is 0.515. The van der Waals surface area contributed by atoms with Gasteiger partial charge in [0, 0.05) is 5.69 Å². The van der Waals surface area contributed by atoms with E-state index in [2.05, 4.69) is 22.2 Å². The van der Waals surface area contributed by atoms with Gasteiger partial charge in [-0.25, -0.2) is 13.2 Å². The summed E-state index contributed by atoms with van der Waals surface area (Å²) in [5, 5.41) is 12.6. The lowest BCUT2D eigenvalue weighted by molar-refractivity contribution is 0.0698. The molecular formula is C22H22N2O4S. The Morgan fingerprint density at radius 2 is 1.55 bits per heavy atom. The highest BCUT2D eigenvalue weighted by Gasteiger charge is 2.12. The fourth-order valence-electron chi connectivity index (χ4n) is 3.00. The molecule has 150 valence electrons. The maximum atomic E-state index is 11.6. The minimum Gasteiger partial charge on any atom is -0.478 e. The molecule has 0 spiro atoms. The number of hydrogen-bond donors (Lipinski definition) is 3. The standard InChI is InChI=1S/C22H22N2O4S/c1-29(27,28)24-19-9-5-8-18(15-19)23-21-14-17(12-13-20(21)22(25)26)11-10-16-6-3-2-4-7-16/h2-9,12-15,23-24H,10-11H2,1H3,(H,25,26). The van der Waals surface area contributed by atoms with E-state index in [1.54, 1.807) is 30.3 Å². The first-order valence-corrected chi connectivity index (χ1v) is 10.9. The van der Waals surface area contributed by atoms with Crippen LogP contribution in [-0.2, 0) is 22.9 Å². The van der Waals surface area contributed by atoms with Crippen LogP contribution >= 0.6 is 0 Å². The molecule has 0 saturated heterocycles. The Kier molecular flexibility index (Phi) is 6.19. The van der Waals surface area contributed by atoms with Crippen molar-refractivity contribution >= 4 is 33.1 Å². The topological polar surface area (TPSA) is 95.5 Å². The van der Waals surface area contributed by atoms with Crippen molar-refractivity contribution < 1.29 is 18.3 Å². The van der Waals surface area contributed by atoms with E-state index in [0.29, 0.717) is 17.1 Å². The summed E-state index contributed by atoms with van der Waals surface area (Å²) < 4.78 is 25.3. The summed E-state index contributed by atoms with van der Waals surface area (Å²) in [6.07, 6.45) is 2.70. The molecule has 0 aromatic heterocycles. The summed E-state index contributed by atoms with van der Waals surface area (Å²) in [6, 6.07) is 22.0. The van der Waals surface area contributed by atoms with Gasteiger partial charge in [-0.2, -0.15) is 0 Å². The van der Waals surface area contributed by atoms with Gasteiger partial charge in [0.05, 0.1) is 23.2 Å². The fourth-order valence-corrected chi connectivity index (χ4v) is 3.56. The fraction of sp³-hybridized carbons (Fsp3) is 0.136. The molecule has 0 radical (unpaired) electrons. The first kappa shape index (κ1) is 20.4. The molecule has 0 bridgehead atoms. The third-order valence-electron chi connectivity index (χ3n) is 4.30. The Bertz CT molecular complexity index is 1110. The van der Waals surface area contributed by atoms with Gasteiger partial charge in [-0.3, -0.25) is 4.72 Å². The molecular weight excluding hydrogens is 388 g/mol. The lowest BCUT2D eigenvalue weighted by Crippen LogP contribution is -2.09. The van der Waals surface area contributed by atoms with E-state index in [0.717, 1.165) is 24.7 Å². The van der Waals surface area contributed by atoms with Crippen LogP contribution in [0.3, 0.4) is 0 Å². The molecule has 0 heterocycles. The number of benzene rings is 3. The van der Waals surface area contributed by atoms with E-state index in [1.807, 2.05) is 30.3 Å². The second-order valence-corrected chi connectivity index (χ2v) is 8.50. The highest BCUT2D eigenvalue weighted by molar-refractivity contribution is 7.92. The van der Waals surface area contributed by atoms with Crippen molar-refractivity contribution in [3.63, 3.8) is 0 Å². The average molecular weight is 410 g/mol. The number of aryl methyl sites for hydroxylation is 2. The second-order valence-electron chi connectivity index (χ2n) is 6.75. The van der Waals surface area contributed by atoms with Gasteiger partial charge in [0.1, 0.15) is 0 Å². The number of carboxylic acid groups (broad SMARTS) is 1. The Hall–Kier alpha value is -3.32. The van der Waals surface area contributed by atoms with Crippen molar-refractivity contribution in [2.24, 2.45) is 0 Å². The Labute approximate surface area is 170 Å². The summed E-state index contributed by atoms with van der Waals surface area (Å²) in [6.45, 7) is 0. The van der Waals surface area contributed by atoms with Crippen LogP contribution < -0.4 is 10.0 Å². The van der Waals surface area contributed by atoms with Crippen molar-refractivity contribution in [1.29, 1.82) is 0 Å². The zero-order valence-electron chi connectivity index (χ0n) is 15.9. The van der Waals surface area contributed by atoms with Crippen molar-refractivity contribution in [2.45, 2.75) is 12.8 Å². The lowest BCUT2D eigenvalue weighted by atomic mass is 10.0. The predicted octanol–water partition coefficient (Wildman–Crippen LogP) is 4.29. The summed E-state index contributed by atoms with van der Waals surface area (Å²) in [5.41, 5.74) is 3.81. The molecule has 29 heavy (non-hydrogen) atoms. The molecule has 7 heteroatoms. The van der Waals surface area contributed by atoms with Crippen molar-refractivity contribution in [1.82, 2.24) is 0 Å². The van der Waals surface area contributed by atoms with Crippen molar-refractivity contribution in [3.8, 4) is 0 Å². The number of hydrogen-bond acceptors (Lipinski definition) is 4. The van der Waals surface area contributed by atoms with Crippen molar-refractivity contribution in [3.05, 3.63) is 89.5 Å². The SMILES string of the molecule is CS(=O)(=O)Nc1cccc(Nc2cc(CCc3ccccc3)ccc2C(=O)O)c1. The van der Waals surface area contributed by atoms with E-state index in [-0.39, 0.29) is 5.56 Å². The number of nitrogens with one attached hydrogen (secondary N) is 2. The average Bonchev–Trinajstić information content (AvgIpc) is 2.66. The molecule has 3 N–H and O–H groups in total. The predicted molar refractivity (Wildman–Crippen MR) is 115 cm³/mol. The van der Waals surface area contributed by atoms with Crippen molar-refractivity contribution in [2.75, 3.05) is 16.3 Å². The smallest absolute Gasteiger partial charge is 0.337 e. The van der Waals surface area contributed by atoms with Crippen LogP contribution in [-0.4, -0.2) is 25.7 Å². The van der Waals surface area contributed by atoms with E-state index in [1.165, 1.54) is 5.56 Å². The normalized spacial score (nSPS) is 11.1. The van der Waals surface area contributed by atoms with E-state index in [9.17, 15) is 18.3 Å². The molecule has 0 saturated carbocycles. The van der Waals surface area contributed by atoms with Gasteiger partial charge in [-0.05, 0) is 54.3 Å². The largest absolute Gasteiger partial charge is 0.478 e. The van der Waals surface area contributed by atoms with Gasteiger partial charge in [-0.15, -0.1) is 0 Å². The highest BCUT2D eigenvalue weighted by atomic mass is 32.2. The number of carbonyl (C=O) groups is 1. The van der Waals surface area contributed by atoms with Crippen LogP contribution in [0.4, 0.5) is 17.1 Å². The minimum atomic E-state index is -3.40. The summed E-state index contributed by atoms with van der Waals surface area (Å²) >= 11 is 0. The molecule has 3 aromatic rings. The number of sulfonamides is 1. The molecule has 0 atom stereocenters. The van der Waals surface area contributed by atoms with E-state index >= 15 is 0 Å². The zero-order valence-corrected chi connectivity index (χ0v) is 16.7. The van der Waals surface area contributed by atoms with Crippen LogP contribution in [0.1, 0.15) is 21.5 Å². The minimum absolute atomic E-state index is 0.148. The third-order valence-corrected chi connectivity index (χ3v) is 4.91. The highest BCUT2D eigenvalue weighted by Crippen LogP contribution is 2.25. The van der Waals surface area contributed by atoms with Gasteiger partial charge < -0.3 is 10.4 Å². The van der Waals surface area contributed by atoms with Gasteiger partial charge >= 0.3 is 5.97 Å². The number of carboxylic acids is 1. The van der Waals surface area contributed by atoms with Gasteiger partial charge in [0.15, 0.2) is 0 Å². The second kappa shape index (κ2) is 8.79. The lowest BCUT2D eigenvalue weighted by Gasteiger charge is -2.13. The van der Waals surface area contributed by atoms with Crippen LogP contribution in [0, 0.1) is 0 Å². The molecule has 3 aromatic carbocycles. The Balaban J connectivity index is 1.83. The first-order valence-electron chi connectivity index (χ1n) is 9.05. The maximum Gasteiger partial charge on any atom is 0.337 e. The van der Waals surface area contributed by atoms with E-state index in [4.69, 9.17) is 0 Å². The monoisotopic (exact) mass is 410 g/mol. The summed E-state index contributed by atoms with van der Waals surface area (Å²) in [7, 11) is -3.40. The zero-order chi connectivity index (χ0) is 20.9. The molecule has 0 aliphatic rings. The molecule has 0 aliphatic carbocycles. The number of aromatic carboxylic acids is 1. The van der Waals surface area contributed by atoms with Gasteiger partial charge in [-0.1, -0.05) is 42.5 Å². The third kappa shape index (κ3) is 6.08. The van der Waals surface area contributed by atoms with Crippen LogP contribution in [0.15, 0.2) is 72.8 Å². The molecule has 3 rings (SSSR count). The van der Waals surface area contributed by atoms with E-state index < -0.39 is 16.0 Å². The van der Waals surface area contributed by atoms with Gasteiger partial charge in [0.2, 0.25) is 10.0 Å². The number of anilines is 3. The van der Waals surface area contributed by atoms with Crippen LogP contribution in [0.5, 0.6) is 0 Å².